The van der Waals surface area contributed by atoms with Crippen LogP contribution in [0.15, 0.2) is 0 Å². The molecule has 1 N–H and O–H groups in total. The lowest BCUT2D eigenvalue weighted by Crippen LogP contribution is -2.38. The molecule has 0 radical (unpaired) electrons. The monoisotopic (exact) mass is 217 g/mol. The number of nitrogens with one attached hydrogen (secondary N) is 1. The molecule has 90 valence electrons. The van der Waals surface area contributed by atoms with Gasteiger partial charge < -0.3 is 14.8 Å². The molecule has 0 spiro atoms. The summed E-state index contributed by atoms with van der Waals surface area (Å²) in [4.78, 5) is 11.3. The Kier molecular flexibility index (Phi) is 6.32. The van der Waals surface area contributed by atoms with Crippen LogP contribution in [0.4, 0.5) is 4.79 Å². The molecule has 0 saturated carbocycles. The Labute approximate surface area is 92.3 Å². The highest BCUT2D eigenvalue weighted by Gasteiger charge is 2.17. The van der Waals surface area contributed by atoms with Crippen molar-refractivity contribution >= 4 is 6.09 Å². The van der Waals surface area contributed by atoms with E-state index in [4.69, 9.17) is 9.47 Å². The normalized spacial score (nSPS) is 13.4. The van der Waals surface area contributed by atoms with E-state index in [0.717, 1.165) is 6.42 Å². The first-order valence-corrected chi connectivity index (χ1v) is 5.42. The molecule has 0 bridgehead atoms. The number of rotatable bonds is 5. The Balaban J connectivity index is 3.67. The van der Waals surface area contributed by atoms with Crippen LogP contribution < -0.4 is 5.32 Å². The molecule has 1 amide bonds. The third kappa shape index (κ3) is 9.53. The van der Waals surface area contributed by atoms with Crippen LogP contribution in [-0.4, -0.2) is 30.9 Å². The van der Waals surface area contributed by atoms with Gasteiger partial charge in [-0.1, -0.05) is 0 Å². The van der Waals surface area contributed by atoms with Gasteiger partial charge in [0.1, 0.15) is 5.60 Å². The number of alkyl carbamates (subject to hydrolysis) is 1. The predicted octanol–water partition coefficient (Wildman–Crippen LogP) is 2.33. The summed E-state index contributed by atoms with van der Waals surface area (Å²) in [6.45, 7) is 10.8. The molecule has 4 heteroatoms. The predicted molar refractivity (Wildman–Crippen MR) is 59.9 cm³/mol. The van der Waals surface area contributed by atoms with Crippen molar-refractivity contribution in [3.05, 3.63) is 0 Å². The minimum Gasteiger partial charge on any atom is -0.444 e. The largest absolute Gasteiger partial charge is 0.444 e. The Morgan fingerprint density at radius 1 is 1.40 bits per heavy atom. The Morgan fingerprint density at radius 3 is 2.47 bits per heavy atom. The lowest BCUT2D eigenvalue weighted by Gasteiger charge is -2.21. The first kappa shape index (κ1) is 14.2. The van der Waals surface area contributed by atoms with Crippen molar-refractivity contribution in [2.24, 2.45) is 0 Å². The second kappa shape index (κ2) is 6.67. The number of amides is 1. The molecule has 0 aromatic carbocycles. The maximum atomic E-state index is 11.3. The van der Waals surface area contributed by atoms with Gasteiger partial charge in [-0.25, -0.2) is 4.79 Å². The molecule has 1 atom stereocenters. The van der Waals surface area contributed by atoms with Gasteiger partial charge in [0, 0.05) is 19.3 Å². The first-order chi connectivity index (χ1) is 6.85. The van der Waals surface area contributed by atoms with Gasteiger partial charge in [-0.05, 0) is 41.0 Å². The zero-order valence-electron chi connectivity index (χ0n) is 10.4. The Morgan fingerprint density at radius 2 is 2.00 bits per heavy atom. The quantitative estimate of drug-likeness (QED) is 0.719. The standard InChI is InChI=1S/C11H23NO3/c1-6-14-8-7-9(2)12-10(13)15-11(3,4)5/h9H,6-8H2,1-5H3,(H,12,13). The fraction of sp³-hybridized carbons (Fsp3) is 0.909. The molecule has 0 rings (SSSR count). The number of carbonyl (C=O) groups excluding carboxylic acids is 1. The van der Waals surface area contributed by atoms with E-state index in [1.54, 1.807) is 0 Å². The van der Waals surface area contributed by atoms with Crippen LogP contribution in [0, 0.1) is 0 Å². The van der Waals surface area contributed by atoms with Crippen molar-refractivity contribution in [1.82, 2.24) is 5.32 Å². The maximum Gasteiger partial charge on any atom is 0.407 e. The third-order valence-corrected chi connectivity index (χ3v) is 1.66. The van der Waals surface area contributed by atoms with E-state index in [-0.39, 0.29) is 12.1 Å². The van der Waals surface area contributed by atoms with Crippen LogP contribution in [0.2, 0.25) is 0 Å². The zero-order chi connectivity index (χ0) is 11.9. The van der Waals surface area contributed by atoms with Crippen molar-refractivity contribution in [1.29, 1.82) is 0 Å². The van der Waals surface area contributed by atoms with Gasteiger partial charge in [0.05, 0.1) is 0 Å². The molecule has 0 aromatic rings. The van der Waals surface area contributed by atoms with Crippen molar-refractivity contribution in [3.8, 4) is 0 Å². The van der Waals surface area contributed by atoms with E-state index in [1.807, 2.05) is 34.6 Å². The first-order valence-electron chi connectivity index (χ1n) is 5.42. The highest BCUT2D eigenvalue weighted by Crippen LogP contribution is 2.07. The maximum absolute atomic E-state index is 11.3. The summed E-state index contributed by atoms with van der Waals surface area (Å²) < 4.78 is 10.3. The number of hydrogen-bond donors (Lipinski definition) is 1. The summed E-state index contributed by atoms with van der Waals surface area (Å²) >= 11 is 0. The summed E-state index contributed by atoms with van der Waals surface area (Å²) in [6, 6.07) is 0.0754. The highest BCUT2D eigenvalue weighted by atomic mass is 16.6. The van der Waals surface area contributed by atoms with Crippen molar-refractivity contribution < 1.29 is 14.3 Å². The second-order valence-corrected chi connectivity index (χ2v) is 4.53. The van der Waals surface area contributed by atoms with Gasteiger partial charge in [0.25, 0.3) is 0 Å². The van der Waals surface area contributed by atoms with E-state index < -0.39 is 5.60 Å². The van der Waals surface area contributed by atoms with E-state index in [0.29, 0.717) is 13.2 Å². The fourth-order valence-electron chi connectivity index (χ4n) is 0.985. The summed E-state index contributed by atoms with van der Waals surface area (Å²) in [7, 11) is 0. The van der Waals surface area contributed by atoms with Crippen molar-refractivity contribution in [3.63, 3.8) is 0 Å². The van der Waals surface area contributed by atoms with Crippen LogP contribution in [0.3, 0.4) is 0 Å². The molecule has 0 aliphatic carbocycles. The molecule has 0 saturated heterocycles. The molecule has 0 aliphatic heterocycles. The minimum atomic E-state index is -0.441. The Hall–Kier alpha value is -0.770. The average Bonchev–Trinajstić information content (AvgIpc) is 2.00. The Bertz CT molecular complexity index is 187. The second-order valence-electron chi connectivity index (χ2n) is 4.53. The summed E-state index contributed by atoms with van der Waals surface area (Å²) in [6.07, 6.45) is 0.430. The SMILES string of the molecule is CCOCCC(C)NC(=O)OC(C)(C)C. The average molecular weight is 217 g/mol. The van der Waals surface area contributed by atoms with Gasteiger partial charge in [-0.15, -0.1) is 0 Å². The van der Waals surface area contributed by atoms with Crippen LogP contribution in [0.5, 0.6) is 0 Å². The van der Waals surface area contributed by atoms with Crippen molar-refractivity contribution in [2.45, 2.75) is 52.7 Å². The number of carbonyl (C=O) groups is 1. The van der Waals surface area contributed by atoms with Gasteiger partial charge in [-0.2, -0.15) is 0 Å². The molecule has 4 nitrogen and oxygen atoms in total. The van der Waals surface area contributed by atoms with Gasteiger partial charge in [0.15, 0.2) is 0 Å². The molecular weight excluding hydrogens is 194 g/mol. The minimum absolute atomic E-state index is 0.0754. The van der Waals surface area contributed by atoms with E-state index in [2.05, 4.69) is 5.32 Å². The van der Waals surface area contributed by atoms with E-state index in [1.165, 1.54) is 0 Å². The van der Waals surface area contributed by atoms with E-state index >= 15 is 0 Å². The van der Waals surface area contributed by atoms with Gasteiger partial charge >= 0.3 is 6.09 Å². The third-order valence-electron chi connectivity index (χ3n) is 1.66. The number of hydrogen-bond acceptors (Lipinski definition) is 3. The molecular formula is C11H23NO3. The van der Waals surface area contributed by atoms with E-state index in [9.17, 15) is 4.79 Å². The molecule has 0 aliphatic rings. The molecule has 1 unspecified atom stereocenters. The summed E-state index contributed by atoms with van der Waals surface area (Å²) in [5.41, 5.74) is -0.441. The van der Waals surface area contributed by atoms with Gasteiger partial charge in [-0.3, -0.25) is 0 Å². The smallest absolute Gasteiger partial charge is 0.407 e. The highest BCUT2D eigenvalue weighted by molar-refractivity contribution is 5.67. The van der Waals surface area contributed by atoms with Crippen LogP contribution in [-0.2, 0) is 9.47 Å². The summed E-state index contributed by atoms with van der Waals surface area (Å²) in [5, 5.41) is 2.75. The molecule has 0 aromatic heterocycles. The lowest BCUT2D eigenvalue weighted by atomic mass is 10.2. The van der Waals surface area contributed by atoms with Gasteiger partial charge in [0.2, 0.25) is 0 Å². The number of ether oxygens (including phenoxy) is 2. The van der Waals surface area contributed by atoms with Crippen LogP contribution in [0.25, 0.3) is 0 Å². The van der Waals surface area contributed by atoms with Crippen LogP contribution >= 0.6 is 0 Å². The molecule has 15 heavy (non-hydrogen) atoms. The fourth-order valence-corrected chi connectivity index (χ4v) is 0.985. The zero-order valence-corrected chi connectivity index (χ0v) is 10.4. The molecule has 0 heterocycles. The molecule has 0 fully saturated rings. The van der Waals surface area contributed by atoms with Crippen molar-refractivity contribution in [2.75, 3.05) is 13.2 Å². The lowest BCUT2D eigenvalue weighted by molar-refractivity contribution is 0.0495. The summed E-state index contributed by atoms with van der Waals surface area (Å²) in [5.74, 6) is 0. The van der Waals surface area contributed by atoms with Crippen LogP contribution in [0.1, 0.15) is 41.0 Å². The topological polar surface area (TPSA) is 47.6 Å².